The SMILES string of the molecule is CC1(N)CC(NC(=O)O)C1. The summed E-state index contributed by atoms with van der Waals surface area (Å²) >= 11 is 0. The molecule has 4 nitrogen and oxygen atoms in total. The Bertz CT molecular complexity index is 148. The van der Waals surface area contributed by atoms with Gasteiger partial charge in [-0.25, -0.2) is 4.79 Å². The Morgan fingerprint density at radius 2 is 2.30 bits per heavy atom. The first-order valence-electron chi connectivity index (χ1n) is 3.28. The van der Waals surface area contributed by atoms with Crippen molar-refractivity contribution < 1.29 is 9.90 Å². The highest BCUT2D eigenvalue weighted by Crippen LogP contribution is 2.28. The fourth-order valence-corrected chi connectivity index (χ4v) is 1.34. The molecule has 4 heteroatoms. The van der Waals surface area contributed by atoms with Gasteiger partial charge in [0.05, 0.1) is 0 Å². The first kappa shape index (κ1) is 7.34. The van der Waals surface area contributed by atoms with Gasteiger partial charge in [0.25, 0.3) is 0 Å². The third kappa shape index (κ3) is 1.60. The van der Waals surface area contributed by atoms with Crippen LogP contribution in [0.15, 0.2) is 0 Å². The molecule has 0 aromatic heterocycles. The van der Waals surface area contributed by atoms with E-state index in [2.05, 4.69) is 5.32 Å². The molecule has 0 atom stereocenters. The van der Waals surface area contributed by atoms with Gasteiger partial charge in [-0.1, -0.05) is 0 Å². The molecule has 1 saturated carbocycles. The van der Waals surface area contributed by atoms with Crippen LogP contribution >= 0.6 is 0 Å². The maximum atomic E-state index is 10.1. The maximum absolute atomic E-state index is 10.1. The molecule has 0 bridgehead atoms. The summed E-state index contributed by atoms with van der Waals surface area (Å²) in [6.07, 6.45) is 0.541. The molecule has 0 unspecified atom stereocenters. The van der Waals surface area contributed by atoms with Gasteiger partial charge in [-0.05, 0) is 19.8 Å². The van der Waals surface area contributed by atoms with Gasteiger partial charge in [-0.3, -0.25) is 0 Å². The highest BCUT2D eigenvalue weighted by Gasteiger charge is 2.37. The number of nitrogens with two attached hydrogens (primary N) is 1. The number of nitrogens with one attached hydrogen (secondary N) is 1. The van der Waals surface area contributed by atoms with Gasteiger partial charge in [0.1, 0.15) is 0 Å². The molecule has 0 spiro atoms. The topological polar surface area (TPSA) is 75.3 Å². The summed E-state index contributed by atoms with van der Waals surface area (Å²) in [6.45, 7) is 1.92. The lowest BCUT2D eigenvalue weighted by atomic mass is 9.75. The molecule has 0 aromatic rings. The van der Waals surface area contributed by atoms with E-state index in [0.717, 1.165) is 12.8 Å². The maximum Gasteiger partial charge on any atom is 0.404 e. The fraction of sp³-hybridized carbons (Fsp3) is 0.833. The van der Waals surface area contributed by atoms with Crippen LogP contribution in [0.4, 0.5) is 4.79 Å². The van der Waals surface area contributed by atoms with E-state index in [0.29, 0.717) is 0 Å². The predicted octanol–water partition coefficient (Wildman–Crippen LogP) is 0.134. The van der Waals surface area contributed by atoms with Crippen LogP contribution in [0.1, 0.15) is 19.8 Å². The second kappa shape index (κ2) is 2.12. The number of carboxylic acid groups (broad SMARTS) is 1. The molecule has 0 aliphatic heterocycles. The summed E-state index contributed by atoms with van der Waals surface area (Å²) in [5.74, 6) is 0. The molecule has 1 amide bonds. The van der Waals surface area contributed by atoms with Crippen molar-refractivity contribution >= 4 is 6.09 Å². The van der Waals surface area contributed by atoms with Crippen LogP contribution in [0.3, 0.4) is 0 Å². The largest absolute Gasteiger partial charge is 0.465 e. The van der Waals surface area contributed by atoms with Crippen molar-refractivity contribution in [3.63, 3.8) is 0 Å². The van der Waals surface area contributed by atoms with Crippen molar-refractivity contribution in [2.24, 2.45) is 5.73 Å². The zero-order valence-corrected chi connectivity index (χ0v) is 5.92. The van der Waals surface area contributed by atoms with Gasteiger partial charge in [0.2, 0.25) is 0 Å². The third-order valence-electron chi connectivity index (χ3n) is 1.75. The van der Waals surface area contributed by atoms with E-state index in [1.807, 2.05) is 6.92 Å². The van der Waals surface area contributed by atoms with Gasteiger partial charge >= 0.3 is 6.09 Å². The lowest BCUT2D eigenvalue weighted by molar-refractivity contribution is 0.158. The smallest absolute Gasteiger partial charge is 0.404 e. The first-order chi connectivity index (χ1) is 4.49. The van der Waals surface area contributed by atoms with E-state index >= 15 is 0 Å². The summed E-state index contributed by atoms with van der Waals surface area (Å²) in [7, 11) is 0. The third-order valence-corrected chi connectivity index (χ3v) is 1.75. The number of hydrogen-bond acceptors (Lipinski definition) is 2. The minimum atomic E-state index is -0.958. The van der Waals surface area contributed by atoms with E-state index in [9.17, 15) is 4.79 Å². The van der Waals surface area contributed by atoms with Gasteiger partial charge in [-0.2, -0.15) is 0 Å². The van der Waals surface area contributed by atoms with Crippen LogP contribution in [0.25, 0.3) is 0 Å². The van der Waals surface area contributed by atoms with Crippen LogP contribution in [0, 0.1) is 0 Å². The number of hydrogen-bond donors (Lipinski definition) is 3. The molecule has 4 N–H and O–H groups in total. The molecule has 10 heavy (non-hydrogen) atoms. The van der Waals surface area contributed by atoms with Gasteiger partial charge in [0.15, 0.2) is 0 Å². The Hall–Kier alpha value is -0.770. The number of rotatable bonds is 1. The lowest BCUT2D eigenvalue weighted by Crippen LogP contribution is -2.58. The second-order valence-corrected chi connectivity index (χ2v) is 3.21. The summed E-state index contributed by atoms with van der Waals surface area (Å²) in [6, 6.07) is 0.0764. The molecule has 58 valence electrons. The average Bonchev–Trinajstić information content (AvgIpc) is 1.57. The molecule has 1 aliphatic carbocycles. The molecule has 0 radical (unpaired) electrons. The van der Waals surface area contributed by atoms with E-state index in [1.54, 1.807) is 0 Å². The predicted molar refractivity (Wildman–Crippen MR) is 36.8 cm³/mol. The van der Waals surface area contributed by atoms with E-state index < -0.39 is 6.09 Å². The summed E-state index contributed by atoms with van der Waals surface area (Å²) in [5, 5.41) is 10.6. The van der Waals surface area contributed by atoms with Crippen molar-refractivity contribution in [2.45, 2.75) is 31.3 Å². The van der Waals surface area contributed by atoms with Crippen molar-refractivity contribution in [2.75, 3.05) is 0 Å². The minimum absolute atomic E-state index is 0.0764. The Morgan fingerprint density at radius 1 is 1.80 bits per heavy atom. The Balaban J connectivity index is 2.21. The summed E-state index contributed by atoms with van der Waals surface area (Å²) < 4.78 is 0. The molecule has 1 aliphatic rings. The number of amides is 1. The van der Waals surface area contributed by atoms with Gasteiger partial charge in [-0.15, -0.1) is 0 Å². The van der Waals surface area contributed by atoms with Crippen LogP contribution in [-0.4, -0.2) is 22.8 Å². The quantitative estimate of drug-likeness (QED) is 0.489. The van der Waals surface area contributed by atoms with Crippen LogP contribution < -0.4 is 11.1 Å². The zero-order chi connectivity index (χ0) is 7.78. The second-order valence-electron chi connectivity index (χ2n) is 3.21. The average molecular weight is 144 g/mol. The number of carbonyl (C=O) groups is 1. The highest BCUT2D eigenvalue weighted by molar-refractivity contribution is 5.65. The highest BCUT2D eigenvalue weighted by atomic mass is 16.4. The van der Waals surface area contributed by atoms with Crippen LogP contribution in [0.5, 0.6) is 0 Å². The fourth-order valence-electron chi connectivity index (χ4n) is 1.34. The van der Waals surface area contributed by atoms with Crippen molar-refractivity contribution in [1.82, 2.24) is 5.32 Å². The van der Waals surface area contributed by atoms with Crippen molar-refractivity contribution in [3.05, 3.63) is 0 Å². The standard InChI is InChI=1S/C6H12N2O2/c1-6(7)2-4(3-6)8-5(9)10/h4,8H,2-3,7H2,1H3,(H,9,10). The van der Waals surface area contributed by atoms with Crippen LogP contribution in [-0.2, 0) is 0 Å². The lowest BCUT2D eigenvalue weighted by Gasteiger charge is -2.41. The van der Waals surface area contributed by atoms with Crippen LogP contribution in [0.2, 0.25) is 0 Å². The van der Waals surface area contributed by atoms with Gasteiger partial charge in [0, 0.05) is 11.6 Å². The van der Waals surface area contributed by atoms with E-state index in [4.69, 9.17) is 10.8 Å². The van der Waals surface area contributed by atoms with E-state index in [1.165, 1.54) is 0 Å². The van der Waals surface area contributed by atoms with E-state index in [-0.39, 0.29) is 11.6 Å². The molecule has 0 heterocycles. The molecule has 1 rings (SSSR count). The first-order valence-corrected chi connectivity index (χ1v) is 3.28. The summed E-state index contributed by atoms with van der Waals surface area (Å²) in [4.78, 5) is 10.1. The van der Waals surface area contributed by atoms with Crippen molar-refractivity contribution in [3.8, 4) is 0 Å². The van der Waals surface area contributed by atoms with Crippen molar-refractivity contribution in [1.29, 1.82) is 0 Å². The minimum Gasteiger partial charge on any atom is -0.465 e. The molecule has 1 fully saturated rings. The molecule has 0 aromatic carbocycles. The normalized spacial score (nSPS) is 38.4. The Kier molecular flexibility index (Phi) is 1.56. The Labute approximate surface area is 59.4 Å². The molecule has 0 saturated heterocycles. The van der Waals surface area contributed by atoms with Gasteiger partial charge < -0.3 is 16.2 Å². The molecular weight excluding hydrogens is 132 g/mol. The zero-order valence-electron chi connectivity index (χ0n) is 5.92. The molecular formula is C6H12N2O2. The Morgan fingerprint density at radius 3 is 2.60 bits per heavy atom. The summed E-state index contributed by atoms with van der Waals surface area (Å²) in [5.41, 5.74) is 5.51. The monoisotopic (exact) mass is 144 g/mol.